The van der Waals surface area contributed by atoms with E-state index in [1.807, 2.05) is 24.3 Å². The first-order valence-electron chi connectivity index (χ1n) is 3.03. The zero-order valence-corrected chi connectivity index (χ0v) is 7.26. The van der Waals surface area contributed by atoms with E-state index in [2.05, 4.69) is 26.8 Å². The molecule has 0 spiro atoms. The van der Waals surface area contributed by atoms with Crippen LogP contribution in [0.3, 0.4) is 0 Å². The van der Waals surface area contributed by atoms with Crippen LogP contribution in [0.5, 0.6) is 0 Å². The lowest BCUT2D eigenvalue weighted by Gasteiger charge is -2.02. The van der Waals surface area contributed by atoms with Gasteiger partial charge in [-0.3, -0.25) is 15.6 Å². The molecule has 1 aromatic rings. The molecule has 2 N–H and O–H groups in total. The minimum atomic E-state index is 0.585. The van der Waals surface area contributed by atoms with Crippen LogP contribution in [-0.2, 0) is 4.79 Å². The Kier molecular flexibility index (Phi) is 2.92. The third-order valence-corrected chi connectivity index (χ3v) is 1.65. The topological polar surface area (TPSA) is 41.1 Å². The SMILES string of the molecule is O=CNNc1ccc(Br)cc1. The Morgan fingerprint density at radius 3 is 2.45 bits per heavy atom. The first-order valence-corrected chi connectivity index (χ1v) is 3.83. The minimum Gasteiger partial charge on any atom is -0.299 e. The highest BCUT2D eigenvalue weighted by Gasteiger charge is 1.88. The maximum absolute atomic E-state index is 9.86. The second kappa shape index (κ2) is 3.98. The summed E-state index contributed by atoms with van der Waals surface area (Å²) in [7, 11) is 0. The first kappa shape index (κ1) is 8.07. The van der Waals surface area contributed by atoms with Gasteiger partial charge in [0.2, 0.25) is 6.41 Å². The van der Waals surface area contributed by atoms with E-state index < -0.39 is 0 Å². The van der Waals surface area contributed by atoms with Crippen LogP contribution in [0, 0.1) is 0 Å². The second-order valence-corrected chi connectivity index (χ2v) is 2.81. The molecule has 0 unspecified atom stereocenters. The Hall–Kier alpha value is -1.03. The number of hydrogen-bond acceptors (Lipinski definition) is 2. The highest BCUT2D eigenvalue weighted by Crippen LogP contribution is 2.12. The number of carbonyl (C=O) groups is 1. The predicted octanol–water partition coefficient (Wildman–Crippen LogP) is 1.52. The molecule has 0 saturated heterocycles. The Labute approximate surface area is 72.9 Å². The van der Waals surface area contributed by atoms with Crippen molar-refractivity contribution in [2.75, 3.05) is 5.43 Å². The van der Waals surface area contributed by atoms with E-state index in [0.29, 0.717) is 6.41 Å². The molecule has 0 bridgehead atoms. The van der Waals surface area contributed by atoms with Crippen molar-refractivity contribution in [1.29, 1.82) is 0 Å². The fraction of sp³-hybridized carbons (Fsp3) is 0. The van der Waals surface area contributed by atoms with E-state index in [9.17, 15) is 4.79 Å². The quantitative estimate of drug-likeness (QED) is 0.592. The summed E-state index contributed by atoms with van der Waals surface area (Å²) >= 11 is 3.30. The van der Waals surface area contributed by atoms with Crippen molar-refractivity contribution in [3.05, 3.63) is 28.7 Å². The zero-order chi connectivity index (χ0) is 8.10. The van der Waals surface area contributed by atoms with Gasteiger partial charge in [0.1, 0.15) is 0 Å². The van der Waals surface area contributed by atoms with Crippen LogP contribution in [0.15, 0.2) is 28.7 Å². The van der Waals surface area contributed by atoms with Gasteiger partial charge in [0, 0.05) is 4.47 Å². The number of hydrogen-bond donors (Lipinski definition) is 2. The Morgan fingerprint density at radius 2 is 1.91 bits per heavy atom. The van der Waals surface area contributed by atoms with E-state index in [4.69, 9.17) is 0 Å². The highest BCUT2D eigenvalue weighted by molar-refractivity contribution is 9.10. The van der Waals surface area contributed by atoms with Gasteiger partial charge < -0.3 is 0 Å². The number of nitrogens with one attached hydrogen (secondary N) is 2. The maximum Gasteiger partial charge on any atom is 0.225 e. The Balaban J connectivity index is 2.58. The van der Waals surface area contributed by atoms with Gasteiger partial charge in [-0.15, -0.1) is 0 Å². The fourth-order valence-electron chi connectivity index (χ4n) is 0.646. The number of hydrazine groups is 1. The number of rotatable bonds is 3. The molecule has 11 heavy (non-hydrogen) atoms. The van der Waals surface area contributed by atoms with Gasteiger partial charge in [0.05, 0.1) is 5.69 Å². The van der Waals surface area contributed by atoms with Gasteiger partial charge in [-0.25, -0.2) is 0 Å². The van der Waals surface area contributed by atoms with Crippen molar-refractivity contribution in [1.82, 2.24) is 5.43 Å². The van der Waals surface area contributed by atoms with E-state index in [0.717, 1.165) is 10.2 Å². The molecule has 0 atom stereocenters. The van der Waals surface area contributed by atoms with Crippen LogP contribution in [0.2, 0.25) is 0 Å². The van der Waals surface area contributed by atoms with E-state index >= 15 is 0 Å². The number of benzene rings is 1. The summed E-state index contributed by atoms with van der Waals surface area (Å²) in [6.45, 7) is 0. The molecule has 0 aliphatic rings. The summed E-state index contributed by atoms with van der Waals surface area (Å²) in [5.41, 5.74) is 5.87. The largest absolute Gasteiger partial charge is 0.299 e. The third-order valence-electron chi connectivity index (χ3n) is 1.12. The van der Waals surface area contributed by atoms with Crippen LogP contribution in [0.25, 0.3) is 0 Å². The Bertz CT molecular complexity index is 235. The first-order chi connectivity index (χ1) is 5.33. The predicted molar refractivity (Wildman–Crippen MR) is 47.0 cm³/mol. The molecule has 0 radical (unpaired) electrons. The van der Waals surface area contributed by atoms with E-state index in [1.165, 1.54) is 0 Å². The summed E-state index contributed by atoms with van der Waals surface area (Å²) in [4.78, 5) is 9.86. The molecule has 0 aliphatic carbocycles. The lowest BCUT2D eigenvalue weighted by Crippen LogP contribution is -2.18. The van der Waals surface area contributed by atoms with Crippen LogP contribution in [-0.4, -0.2) is 6.41 Å². The van der Waals surface area contributed by atoms with Crippen LogP contribution in [0.1, 0.15) is 0 Å². The summed E-state index contributed by atoms with van der Waals surface area (Å²) in [5, 5.41) is 0. The van der Waals surface area contributed by atoms with Crippen molar-refractivity contribution in [3.8, 4) is 0 Å². The zero-order valence-electron chi connectivity index (χ0n) is 5.67. The molecule has 0 saturated carbocycles. The average molecular weight is 215 g/mol. The van der Waals surface area contributed by atoms with Gasteiger partial charge in [-0.05, 0) is 24.3 Å². The molecule has 58 valence electrons. The minimum absolute atomic E-state index is 0.585. The van der Waals surface area contributed by atoms with Crippen molar-refractivity contribution < 1.29 is 4.79 Å². The molecule has 1 aromatic carbocycles. The normalized spacial score (nSPS) is 8.82. The van der Waals surface area contributed by atoms with Gasteiger partial charge in [0.25, 0.3) is 0 Å². The standard InChI is InChI=1S/C7H7BrN2O/c8-6-1-3-7(4-2-6)10-9-5-11/h1-5,10H,(H,9,11). The van der Waals surface area contributed by atoms with Crippen molar-refractivity contribution >= 4 is 28.0 Å². The molecule has 4 heteroatoms. The highest BCUT2D eigenvalue weighted by atomic mass is 79.9. The average Bonchev–Trinajstić information content (AvgIpc) is 2.04. The fourth-order valence-corrected chi connectivity index (χ4v) is 0.910. The monoisotopic (exact) mass is 214 g/mol. The molecule has 3 nitrogen and oxygen atoms in total. The summed E-state index contributed by atoms with van der Waals surface area (Å²) < 4.78 is 1.01. The Morgan fingerprint density at radius 1 is 1.27 bits per heavy atom. The lowest BCUT2D eigenvalue weighted by molar-refractivity contribution is -0.109. The van der Waals surface area contributed by atoms with Crippen molar-refractivity contribution in [2.45, 2.75) is 0 Å². The molecular weight excluding hydrogens is 208 g/mol. The van der Waals surface area contributed by atoms with Crippen molar-refractivity contribution in [3.63, 3.8) is 0 Å². The summed E-state index contributed by atoms with van der Waals surface area (Å²) in [5.74, 6) is 0. The van der Waals surface area contributed by atoms with Crippen LogP contribution >= 0.6 is 15.9 Å². The number of amides is 1. The summed E-state index contributed by atoms with van der Waals surface area (Å²) in [6, 6.07) is 7.46. The van der Waals surface area contributed by atoms with E-state index in [-0.39, 0.29) is 0 Å². The van der Waals surface area contributed by atoms with E-state index in [1.54, 1.807) is 0 Å². The van der Waals surface area contributed by atoms with Gasteiger partial charge in [0.15, 0.2) is 0 Å². The van der Waals surface area contributed by atoms with Gasteiger partial charge in [-0.2, -0.15) is 0 Å². The van der Waals surface area contributed by atoms with Crippen LogP contribution < -0.4 is 10.9 Å². The molecule has 1 amide bonds. The number of halogens is 1. The van der Waals surface area contributed by atoms with Gasteiger partial charge >= 0.3 is 0 Å². The molecule has 0 heterocycles. The van der Waals surface area contributed by atoms with Crippen LogP contribution in [0.4, 0.5) is 5.69 Å². The molecule has 0 aromatic heterocycles. The molecule has 1 rings (SSSR count). The number of carbonyl (C=O) groups excluding carboxylic acids is 1. The van der Waals surface area contributed by atoms with Gasteiger partial charge in [-0.1, -0.05) is 15.9 Å². The third kappa shape index (κ3) is 2.59. The second-order valence-electron chi connectivity index (χ2n) is 1.89. The molecule has 0 fully saturated rings. The number of anilines is 1. The molecule has 0 aliphatic heterocycles. The maximum atomic E-state index is 9.86. The lowest BCUT2D eigenvalue weighted by atomic mass is 10.3. The van der Waals surface area contributed by atoms with Crippen molar-refractivity contribution in [2.24, 2.45) is 0 Å². The smallest absolute Gasteiger partial charge is 0.225 e. The summed E-state index contributed by atoms with van der Waals surface area (Å²) in [6.07, 6.45) is 0.585. The molecular formula is C7H7BrN2O.